The van der Waals surface area contributed by atoms with Gasteiger partial charge in [-0.3, -0.25) is 0 Å². The maximum atomic E-state index is 6.08. The topological polar surface area (TPSA) is 61.0 Å². The van der Waals surface area contributed by atoms with Crippen LogP contribution in [0.4, 0.5) is 0 Å². The van der Waals surface area contributed by atoms with E-state index in [4.69, 9.17) is 10.5 Å². The van der Waals surface area contributed by atoms with E-state index >= 15 is 0 Å². The van der Waals surface area contributed by atoms with Crippen molar-refractivity contribution in [2.75, 3.05) is 6.54 Å². The standard InChI is InChI=1S/C14H19N3OS/c15-7-6-11-8-12-13(16-9-17-14(12)19-11)18-10-4-2-1-3-5-10/h8-10H,1-7,15H2. The van der Waals surface area contributed by atoms with Gasteiger partial charge in [-0.1, -0.05) is 6.42 Å². The molecule has 1 aliphatic rings. The normalized spacial score (nSPS) is 16.9. The summed E-state index contributed by atoms with van der Waals surface area (Å²) in [6.45, 7) is 0.666. The Hall–Kier alpha value is -1.20. The first kappa shape index (κ1) is 12.8. The molecule has 0 radical (unpaired) electrons. The van der Waals surface area contributed by atoms with E-state index in [0.717, 1.165) is 35.4 Å². The van der Waals surface area contributed by atoms with Crippen LogP contribution in [0.1, 0.15) is 37.0 Å². The zero-order valence-electron chi connectivity index (χ0n) is 11.0. The Morgan fingerprint density at radius 3 is 2.89 bits per heavy atom. The van der Waals surface area contributed by atoms with E-state index in [1.165, 1.54) is 24.1 Å². The summed E-state index contributed by atoms with van der Waals surface area (Å²) in [6, 6.07) is 2.13. The maximum absolute atomic E-state index is 6.08. The van der Waals surface area contributed by atoms with Gasteiger partial charge in [-0.25, -0.2) is 9.97 Å². The third-order valence-electron chi connectivity index (χ3n) is 3.57. The Kier molecular flexibility index (Phi) is 3.94. The molecule has 0 amide bonds. The molecule has 0 aromatic carbocycles. The van der Waals surface area contributed by atoms with Crippen LogP contribution >= 0.6 is 11.3 Å². The third kappa shape index (κ3) is 2.87. The van der Waals surface area contributed by atoms with Gasteiger partial charge < -0.3 is 10.5 Å². The number of hydrogen-bond acceptors (Lipinski definition) is 5. The zero-order chi connectivity index (χ0) is 13.1. The largest absolute Gasteiger partial charge is 0.474 e. The number of rotatable bonds is 4. The van der Waals surface area contributed by atoms with Crippen molar-refractivity contribution in [3.63, 3.8) is 0 Å². The van der Waals surface area contributed by atoms with Crippen molar-refractivity contribution in [3.05, 3.63) is 17.3 Å². The lowest BCUT2D eigenvalue weighted by molar-refractivity contribution is 0.151. The Labute approximate surface area is 117 Å². The first-order valence-corrected chi connectivity index (χ1v) is 7.78. The predicted molar refractivity (Wildman–Crippen MR) is 77.7 cm³/mol. The van der Waals surface area contributed by atoms with Gasteiger partial charge in [0.25, 0.3) is 0 Å². The minimum atomic E-state index is 0.324. The van der Waals surface area contributed by atoms with Gasteiger partial charge in [-0.05, 0) is 44.7 Å². The van der Waals surface area contributed by atoms with Crippen molar-refractivity contribution in [2.24, 2.45) is 5.73 Å². The third-order valence-corrected chi connectivity index (χ3v) is 4.67. The van der Waals surface area contributed by atoms with Crippen LogP contribution in [0, 0.1) is 0 Å². The number of aromatic nitrogens is 2. The van der Waals surface area contributed by atoms with Gasteiger partial charge in [0.05, 0.1) is 5.39 Å². The number of hydrogen-bond donors (Lipinski definition) is 1. The van der Waals surface area contributed by atoms with Crippen LogP contribution in [-0.2, 0) is 6.42 Å². The van der Waals surface area contributed by atoms with Gasteiger partial charge in [0.1, 0.15) is 17.3 Å². The Morgan fingerprint density at radius 2 is 2.11 bits per heavy atom. The first-order valence-electron chi connectivity index (χ1n) is 6.97. The summed E-state index contributed by atoms with van der Waals surface area (Å²) < 4.78 is 6.08. The van der Waals surface area contributed by atoms with Crippen molar-refractivity contribution in [3.8, 4) is 5.88 Å². The van der Waals surface area contributed by atoms with Gasteiger partial charge >= 0.3 is 0 Å². The molecule has 2 heterocycles. The van der Waals surface area contributed by atoms with Crippen molar-refractivity contribution in [1.82, 2.24) is 9.97 Å². The summed E-state index contributed by atoms with van der Waals surface area (Å²) in [5.41, 5.74) is 5.61. The van der Waals surface area contributed by atoms with Crippen LogP contribution in [0.15, 0.2) is 12.4 Å². The highest BCUT2D eigenvalue weighted by molar-refractivity contribution is 7.18. The summed E-state index contributed by atoms with van der Waals surface area (Å²) in [4.78, 5) is 10.9. The smallest absolute Gasteiger partial charge is 0.225 e. The lowest BCUT2D eigenvalue weighted by Crippen LogP contribution is -2.20. The van der Waals surface area contributed by atoms with E-state index in [-0.39, 0.29) is 0 Å². The maximum Gasteiger partial charge on any atom is 0.225 e. The van der Waals surface area contributed by atoms with E-state index in [0.29, 0.717) is 12.6 Å². The fraction of sp³-hybridized carbons (Fsp3) is 0.571. The highest BCUT2D eigenvalue weighted by Crippen LogP contribution is 2.31. The molecule has 1 fully saturated rings. The summed E-state index contributed by atoms with van der Waals surface area (Å²) in [6.07, 6.45) is 8.97. The average molecular weight is 277 g/mol. The molecule has 2 N–H and O–H groups in total. The number of thiophene rings is 1. The zero-order valence-corrected chi connectivity index (χ0v) is 11.8. The Balaban J connectivity index is 1.85. The van der Waals surface area contributed by atoms with Crippen LogP contribution in [0.3, 0.4) is 0 Å². The minimum Gasteiger partial charge on any atom is -0.474 e. The number of nitrogens with two attached hydrogens (primary N) is 1. The highest BCUT2D eigenvalue weighted by atomic mass is 32.1. The SMILES string of the molecule is NCCc1cc2c(OC3CCCCC3)ncnc2s1. The van der Waals surface area contributed by atoms with E-state index < -0.39 is 0 Å². The molecule has 0 atom stereocenters. The highest BCUT2D eigenvalue weighted by Gasteiger charge is 2.17. The molecule has 19 heavy (non-hydrogen) atoms. The second kappa shape index (κ2) is 5.84. The molecule has 1 aliphatic carbocycles. The van der Waals surface area contributed by atoms with Crippen molar-refractivity contribution < 1.29 is 4.74 Å². The molecule has 2 aromatic heterocycles. The van der Waals surface area contributed by atoms with E-state index in [9.17, 15) is 0 Å². The number of fused-ring (bicyclic) bond motifs is 1. The summed E-state index contributed by atoms with van der Waals surface area (Å²) in [5.74, 6) is 0.747. The second-order valence-corrected chi connectivity index (χ2v) is 6.14. The van der Waals surface area contributed by atoms with Crippen LogP contribution in [0.2, 0.25) is 0 Å². The average Bonchev–Trinajstić information content (AvgIpc) is 2.84. The van der Waals surface area contributed by atoms with E-state index in [1.54, 1.807) is 17.7 Å². The van der Waals surface area contributed by atoms with Crippen molar-refractivity contribution in [2.45, 2.75) is 44.6 Å². The van der Waals surface area contributed by atoms with Gasteiger partial charge in [0.15, 0.2) is 0 Å². The fourth-order valence-corrected chi connectivity index (χ4v) is 3.59. The quantitative estimate of drug-likeness (QED) is 0.933. The molecule has 0 spiro atoms. The molecule has 2 aromatic rings. The summed E-state index contributed by atoms with van der Waals surface area (Å²) in [7, 11) is 0. The summed E-state index contributed by atoms with van der Waals surface area (Å²) in [5, 5.41) is 1.04. The fourth-order valence-electron chi connectivity index (χ4n) is 2.58. The summed E-state index contributed by atoms with van der Waals surface area (Å²) >= 11 is 1.69. The molecular weight excluding hydrogens is 258 g/mol. The van der Waals surface area contributed by atoms with E-state index in [2.05, 4.69) is 16.0 Å². The molecule has 0 saturated heterocycles. The predicted octanol–water partition coefficient (Wildman–Crippen LogP) is 2.90. The Bertz CT molecular complexity index is 549. The lowest BCUT2D eigenvalue weighted by Gasteiger charge is -2.22. The van der Waals surface area contributed by atoms with Gasteiger partial charge in [0, 0.05) is 4.88 Å². The van der Waals surface area contributed by atoms with Crippen LogP contribution < -0.4 is 10.5 Å². The molecule has 1 saturated carbocycles. The molecule has 0 aliphatic heterocycles. The van der Waals surface area contributed by atoms with Gasteiger partial charge in [-0.15, -0.1) is 11.3 Å². The van der Waals surface area contributed by atoms with Crippen LogP contribution in [-0.4, -0.2) is 22.6 Å². The minimum absolute atomic E-state index is 0.324. The van der Waals surface area contributed by atoms with Gasteiger partial charge in [-0.2, -0.15) is 0 Å². The molecular formula is C14H19N3OS. The molecule has 3 rings (SSSR count). The molecule has 4 nitrogen and oxygen atoms in total. The van der Waals surface area contributed by atoms with Crippen molar-refractivity contribution >= 4 is 21.6 Å². The number of ether oxygens (including phenoxy) is 1. The molecule has 0 bridgehead atoms. The monoisotopic (exact) mass is 277 g/mol. The van der Waals surface area contributed by atoms with E-state index in [1.807, 2.05) is 0 Å². The Morgan fingerprint density at radius 1 is 1.26 bits per heavy atom. The molecule has 102 valence electrons. The van der Waals surface area contributed by atoms with Crippen LogP contribution in [0.5, 0.6) is 5.88 Å². The van der Waals surface area contributed by atoms with Crippen molar-refractivity contribution in [1.29, 1.82) is 0 Å². The molecule has 5 heteroatoms. The lowest BCUT2D eigenvalue weighted by atomic mass is 9.98. The number of nitrogens with zero attached hydrogens (tertiary/aromatic N) is 2. The first-order chi connectivity index (χ1) is 9.36. The molecule has 0 unspecified atom stereocenters. The van der Waals surface area contributed by atoms with Gasteiger partial charge in [0.2, 0.25) is 5.88 Å². The second-order valence-electron chi connectivity index (χ2n) is 5.03. The van der Waals surface area contributed by atoms with Crippen LogP contribution in [0.25, 0.3) is 10.2 Å².